The molecule has 0 aliphatic heterocycles. The van der Waals surface area contributed by atoms with Crippen LogP contribution in [0.5, 0.6) is 0 Å². The molecule has 0 saturated heterocycles. The minimum absolute atomic E-state index is 0.371. The van der Waals surface area contributed by atoms with Gasteiger partial charge < -0.3 is 4.74 Å². The fourth-order valence-electron chi connectivity index (χ4n) is 2.66. The Hall–Kier alpha value is -2.01. The Balaban J connectivity index is 2.52. The second-order valence-corrected chi connectivity index (χ2v) is 5.24. The van der Waals surface area contributed by atoms with E-state index >= 15 is 0 Å². The number of carbonyl (C=O) groups excluding carboxylic acids is 1. The van der Waals surface area contributed by atoms with Gasteiger partial charge in [-0.25, -0.2) is 4.79 Å². The maximum Gasteiger partial charge on any atom is 0.334 e. The summed E-state index contributed by atoms with van der Waals surface area (Å²) in [6, 6.07) is 8.12. The second kappa shape index (κ2) is 5.96. The quantitative estimate of drug-likeness (QED) is 0.353. The fraction of sp³-hybridized carbons (Fsp3) is 0.389. The topological polar surface area (TPSA) is 26.3 Å². The lowest BCUT2D eigenvalue weighted by Crippen LogP contribution is -2.31. The van der Waals surface area contributed by atoms with Crippen LogP contribution in [0.4, 0.5) is 0 Å². The highest BCUT2D eigenvalue weighted by Gasteiger charge is 2.37. The number of hydrogen-bond donors (Lipinski definition) is 0. The van der Waals surface area contributed by atoms with Crippen LogP contribution in [0.3, 0.4) is 0 Å². The monoisotopic (exact) mass is 268 g/mol. The summed E-state index contributed by atoms with van der Waals surface area (Å²) in [6.07, 6.45) is 3.83. The third-order valence-corrected chi connectivity index (χ3v) is 3.62. The van der Waals surface area contributed by atoms with Crippen molar-refractivity contribution >= 4 is 5.97 Å². The Kier molecular flexibility index (Phi) is 4.29. The van der Waals surface area contributed by atoms with E-state index in [-0.39, 0.29) is 5.97 Å². The first-order valence-electron chi connectivity index (χ1n) is 7.00. The summed E-state index contributed by atoms with van der Waals surface area (Å²) in [7, 11) is 0. The molecule has 104 valence electrons. The molecule has 1 aromatic rings. The fourth-order valence-corrected chi connectivity index (χ4v) is 2.66. The van der Waals surface area contributed by atoms with Crippen molar-refractivity contribution in [2.75, 3.05) is 0 Å². The van der Waals surface area contributed by atoms with Gasteiger partial charge in [0, 0.05) is 17.6 Å². The van der Waals surface area contributed by atoms with E-state index in [2.05, 4.69) is 24.5 Å². The first-order valence-corrected chi connectivity index (χ1v) is 7.00. The molecule has 2 nitrogen and oxygen atoms in total. The van der Waals surface area contributed by atoms with Crippen LogP contribution in [0.15, 0.2) is 36.4 Å². The summed E-state index contributed by atoms with van der Waals surface area (Å²) >= 11 is 0. The molecule has 2 rings (SSSR count). The van der Waals surface area contributed by atoms with Crippen molar-refractivity contribution in [1.29, 1.82) is 0 Å². The van der Waals surface area contributed by atoms with Gasteiger partial charge in [0.2, 0.25) is 0 Å². The van der Waals surface area contributed by atoms with Crippen molar-refractivity contribution in [2.24, 2.45) is 0 Å². The smallest absolute Gasteiger partial charge is 0.334 e. The zero-order valence-electron chi connectivity index (χ0n) is 12.2. The van der Waals surface area contributed by atoms with E-state index in [4.69, 9.17) is 4.74 Å². The molecule has 1 aliphatic carbocycles. The van der Waals surface area contributed by atoms with Crippen LogP contribution < -0.4 is 0 Å². The molecule has 0 heterocycles. The lowest BCUT2D eigenvalue weighted by molar-refractivity contribution is -0.150. The van der Waals surface area contributed by atoms with E-state index in [1.165, 1.54) is 5.56 Å². The van der Waals surface area contributed by atoms with Crippen LogP contribution in [-0.4, -0.2) is 5.97 Å². The van der Waals surface area contributed by atoms with Gasteiger partial charge in [-0.15, -0.1) is 5.92 Å². The number of hydrogen-bond acceptors (Lipinski definition) is 2. The average molecular weight is 268 g/mol. The van der Waals surface area contributed by atoms with Gasteiger partial charge in [-0.1, -0.05) is 36.8 Å². The van der Waals surface area contributed by atoms with Gasteiger partial charge in [0.15, 0.2) is 5.60 Å². The maximum absolute atomic E-state index is 12.0. The molecule has 0 saturated carbocycles. The molecule has 0 amide bonds. The average Bonchev–Trinajstić information content (AvgIpc) is 2.60. The molecule has 0 radical (unpaired) electrons. The molecule has 0 spiro atoms. The van der Waals surface area contributed by atoms with E-state index in [1.54, 1.807) is 13.8 Å². The Morgan fingerprint density at radius 2 is 2.10 bits per heavy atom. The molecule has 0 aromatic heterocycles. The summed E-state index contributed by atoms with van der Waals surface area (Å²) < 4.78 is 5.78. The number of carbonyl (C=O) groups is 1. The lowest BCUT2D eigenvalue weighted by Gasteiger charge is -2.29. The lowest BCUT2D eigenvalue weighted by atomic mass is 9.88. The SMILES string of the molecule is C=C(C)C(=O)OC1(C#CC)CCCCc2ccccc21. The standard InChI is InChI=1S/C18H20O2/c1-4-12-18(20-17(19)14(2)3)13-8-7-10-15-9-5-6-11-16(15)18/h5-6,9,11H,2,7-8,10,13H2,1,3H3. The number of ether oxygens (including phenoxy) is 1. The Morgan fingerprint density at radius 3 is 2.80 bits per heavy atom. The highest BCUT2D eigenvalue weighted by atomic mass is 16.6. The molecule has 2 heteroatoms. The normalized spacial score (nSPS) is 20.9. The first kappa shape index (κ1) is 14.4. The molecule has 1 aliphatic rings. The van der Waals surface area contributed by atoms with Crippen LogP contribution in [0.2, 0.25) is 0 Å². The van der Waals surface area contributed by atoms with Crippen LogP contribution in [0, 0.1) is 11.8 Å². The van der Waals surface area contributed by atoms with Crippen molar-refractivity contribution in [3.8, 4) is 11.8 Å². The summed E-state index contributed by atoms with van der Waals surface area (Å²) in [6.45, 7) is 7.11. The molecule has 1 atom stereocenters. The predicted molar refractivity (Wildman–Crippen MR) is 80.0 cm³/mol. The van der Waals surface area contributed by atoms with E-state index in [9.17, 15) is 4.79 Å². The predicted octanol–water partition coefficient (Wildman–Crippen LogP) is 3.75. The summed E-state index contributed by atoms with van der Waals surface area (Å²) in [4.78, 5) is 12.0. The third kappa shape index (κ3) is 2.77. The summed E-state index contributed by atoms with van der Waals surface area (Å²) in [5.41, 5.74) is 1.84. The van der Waals surface area contributed by atoms with Crippen LogP contribution in [-0.2, 0) is 21.6 Å². The van der Waals surface area contributed by atoms with Crippen LogP contribution in [0.1, 0.15) is 44.2 Å². The zero-order valence-corrected chi connectivity index (χ0v) is 12.2. The molecule has 0 fully saturated rings. The Labute approximate surface area is 120 Å². The van der Waals surface area contributed by atoms with E-state index in [0.29, 0.717) is 5.57 Å². The van der Waals surface area contributed by atoms with Crippen molar-refractivity contribution in [2.45, 2.75) is 45.1 Å². The van der Waals surface area contributed by atoms with E-state index in [0.717, 1.165) is 31.2 Å². The van der Waals surface area contributed by atoms with Gasteiger partial charge in [0.05, 0.1) is 0 Å². The molecular formula is C18H20O2. The van der Waals surface area contributed by atoms with Gasteiger partial charge in [-0.2, -0.15) is 0 Å². The minimum atomic E-state index is -0.822. The van der Waals surface area contributed by atoms with Gasteiger partial charge in [0.25, 0.3) is 0 Å². The molecule has 0 N–H and O–H groups in total. The number of rotatable bonds is 2. The molecule has 0 bridgehead atoms. The molecule has 1 aromatic carbocycles. The summed E-state index contributed by atoms with van der Waals surface area (Å²) in [5.74, 6) is 5.71. The number of fused-ring (bicyclic) bond motifs is 1. The van der Waals surface area contributed by atoms with E-state index < -0.39 is 5.60 Å². The van der Waals surface area contributed by atoms with Gasteiger partial charge in [-0.05, 0) is 38.7 Å². The van der Waals surface area contributed by atoms with Crippen molar-refractivity contribution in [1.82, 2.24) is 0 Å². The van der Waals surface area contributed by atoms with Crippen LogP contribution >= 0.6 is 0 Å². The molecular weight excluding hydrogens is 248 g/mol. The first-order chi connectivity index (χ1) is 9.59. The molecule has 20 heavy (non-hydrogen) atoms. The van der Waals surface area contributed by atoms with Crippen molar-refractivity contribution in [3.05, 3.63) is 47.5 Å². The second-order valence-electron chi connectivity index (χ2n) is 5.24. The third-order valence-electron chi connectivity index (χ3n) is 3.62. The van der Waals surface area contributed by atoms with Gasteiger partial charge in [0.1, 0.15) is 0 Å². The number of aryl methyl sites for hydroxylation is 1. The van der Waals surface area contributed by atoms with Gasteiger partial charge in [-0.3, -0.25) is 0 Å². The summed E-state index contributed by atoms with van der Waals surface area (Å²) in [5, 5.41) is 0. The highest BCUT2D eigenvalue weighted by molar-refractivity contribution is 5.87. The van der Waals surface area contributed by atoms with Crippen molar-refractivity contribution < 1.29 is 9.53 Å². The van der Waals surface area contributed by atoms with Crippen LogP contribution in [0.25, 0.3) is 0 Å². The maximum atomic E-state index is 12.0. The number of benzene rings is 1. The number of esters is 1. The Bertz CT molecular complexity index is 589. The zero-order chi connectivity index (χ0) is 14.6. The highest BCUT2D eigenvalue weighted by Crippen LogP contribution is 2.37. The Morgan fingerprint density at radius 1 is 1.35 bits per heavy atom. The van der Waals surface area contributed by atoms with Gasteiger partial charge >= 0.3 is 5.97 Å². The largest absolute Gasteiger partial charge is 0.438 e. The van der Waals surface area contributed by atoms with E-state index in [1.807, 2.05) is 18.2 Å². The van der Waals surface area contributed by atoms with Crippen molar-refractivity contribution in [3.63, 3.8) is 0 Å². The molecule has 1 unspecified atom stereocenters. The minimum Gasteiger partial charge on any atom is -0.438 e.